The molecule has 12 heteroatoms. The van der Waals surface area contributed by atoms with E-state index in [0.717, 1.165) is 17.2 Å². The van der Waals surface area contributed by atoms with E-state index < -0.39 is 23.1 Å². The number of hydrogen-bond donors (Lipinski definition) is 1. The SMILES string of the molecule is Cc1cccc(C=NNc2nc(N3CCOCC3)nc3c2ncn3CC(=O)c2ccccc2C(F)(F)F)c1. The van der Waals surface area contributed by atoms with Gasteiger partial charge in [-0.1, -0.05) is 48.0 Å². The lowest BCUT2D eigenvalue weighted by molar-refractivity contribution is -0.137. The molecule has 0 amide bonds. The quantitative estimate of drug-likeness (QED) is 0.219. The topological polar surface area (TPSA) is 97.5 Å². The molecule has 4 aromatic rings. The summed E-state index contributed by atoms with van der Waals surface area (Å²) in [7, 11) is 0. The zero-order valence-corrected chi connectivity index (χ0v) is 20.4. The van der Waals surface area contributed by atoms with Crippen molar-refractivity contribution < 1.29 is 22.7 Å². The lowest BCUT2D eigenvalue weighted by Gasteiger charge is -2.27. The van der Waals surface area contributed by atoms with Crippen molar-refractivity contribution in [3.05, 3.63) is 77.1 Å². The molecule has 9 nitrogen and oxygen atoms in total. The normalized spacial score (nSPS) is 14.4. The number of rotatable bonds is 7. The molecule has 1 aliphatic rings. The van der Waals surface area contributed by atoms with Crippen LogP contribution in [0.5, 0.6) is 0 Å². The summed E-state index contributed by atoms with van der Waals surface area (Å²) in [5.41, 5.74) is 4.12. The molecule has 0 unspecified atom stereocenters. The number of carbonyl (C=O) groups is 1. The third-order valence-corrected chi connectivity index (χ3v) is 6.02. The van der Waals surface area contributed by atoms with E-state index >= 15 is 0 Å². The highest BCUT2D eigenvalue weighted by molar-refractivity contribution is 5.98. The zero-order valence-electron chi connectivity index (χ0n) is 20.4. The zero-order chi connectivity index (χ0) is 26.7. The monoisotopic (exact) mass is 523 g/mol. The Kier molecular flexibility index (Phi) is 7.05. The van der Waals surface area contributed by atoms with Crippen molar-refractivity contribution in [3.8, 4) is 0 Å². The number of halogens is 3. The van der Waals surface area contributed by atoms with E-state index in [1.54, 1.807) is 6.21 Å². The predicted octanol–water partition coefficient (Wildman–Crippen LogP) is 4.32. The van der Waals surface area contributed by atoms with Gasteiger partial charge in [-0.25, -0.2) is 4.98 Å². The van der Waals surface area contributed by atoms with Crippen LogP contribution < -0.4 is 10.3 Å². The van der Waals surface area contributed by atoms with Crippen LogP contribution >= 0.6 is 0 Å². The van der Waals surface area contributed by atoms with Gasteiger partial charge in [-0.3, -0.25) is 10.2 Å². The van der Waals surface area contributed by atoms with Crippen molar-refractivity contribution in [3.63, 3.8) is 0 Å². The first-order valence-corrected chi connectivity index (χ1v) is 11.9. The first-order chi connectivity index (χ1) is 18.3. The smallest absolute Gasteiger partial charge is 0.378 e. The van der Waals surface area contributed by atoms with Gasteiger partial charge in [-0.2, -0.15) is 28.2 Å². The van der Waals surface area contributed by atoms with E-state index in [0.29, 0.717) is 49.2 Å². The molecular weight excluding hydrogens is 499 g/mol. The summed E-state index contributed by atoms with van der Waals surface area (Å²) in [6.07, 6.45) is -1.64. The molecule has 196 valence electrons. The summed E-state index contributed by atoms with van der Waals surface area (Å²) in [6.45, 7) is 3.72. The van der Waals surface area contributed by atoms with Crippen LogP contribution in [0.25, 0.3) is 11.2 Å². The van der Waals surface area contributed by atoms with E-state index in [1.807, 2.05) is 36.1 Å². The van der Waals surface area contributed by atoms with Crippen LogP contribution in [-0.2, 0) is 17.5 Å². The van der Waals surface area contributed by atoms with Crippen LogP contribution in [-0.4, -0.2) is 57.8 Å². The van der Waals surface area contributed by atoms with Crippen molar-refractivity contribution >= 4 is 34.9 Å². The Morgan fingerprint density at radius 3 is 2.68 bits per heavy atom. The molecule has 0 radical (unpaired) electrons. The molecule has 5 rings (SSSR count). The van der Waals surface area contributed by atoms with E-state index in [4.69, 9.17) is 4.74 Å². The number of hydrazone groups is 1. The second-order valence-electron chi connectivity index (χ2n) is 8.77. The number of aromatic nitrogens is 4. The molecule has 38 heavy (non-hydrogen) atoms. The maximum absolute atomic E-state index is 13.5. The Morgan fingerprint density at radius 2 is 1.92 bits per heavy atom. The fourth-order valence-electron chi connectivity index (χ4n) is 4.16. The number of fused-ring (bicyclic) bond motifs is 1. The van der Waals surface area contributed by atoms with Gasteiger partial charge in [-0.05, 0) is 18.6 Å². The van der Waals surface area contributed by atoms with Gasteiger partial charge in [0.2, 0.25) is 5.95 Å². The Bertz CT molecular complexity index is 1490. The maximum Gasteiger partial charge on any atom is 0.417 e. The van der Waals surface area contributed by atoms with Crippen LogP contribution in [0.1, 0.15) is 27.0 Å². The Balaban J connectivity index is 1.49. The molecule has 0 aliphatic carbocycles. The highest BCUT2D eigenvalue weighted by Gasteiger charge is 2.35. The van der Waals surface area contributed by atoms with Gasteiger partial charge in [0.25, 0.3) is 0 Å². The molecule has 0 atom stereocenters. The average molecular weight is 524 g/mol. The van der Waals surface area contributed by atoms with Gasteiger partial charge in [0.15, 0.2) is 22.8 Å². The largest absolute Gasteiger partial charge is 0.417 e. The Labute approximate surface area is 216 Å². The summed E-state index contributed by atoms with van der Waals surface area (Å²) in [4.78, 5) is 28.5. The lowest BCUT2D eigenvalue weighted by atomic mass is 10.0. The van der Waals surface area contributed by atoms with Gasteiger partial charge >= 0.3 is 6.18 Å². The number of benzene rings is 2. The van der Waals surface area contributed by atoms with Crippen LogP contribution in [0.2, 0.25) is 0 Å². The fraction of sp³-hybridized carbons (Fsp3) is 0.269. The summed E-state index contributed by atoms with van der Waals surface area (Å²) in [6, 6.07) is 12.5. The highest BCUT2D eigenvalue weighted by Crippen LogP contribution is 2.32. The van der Waals surface area contributed by atoms with Gasteiger partial charge < -0.3 is 14.2 Å². The molecule has 1 fully saturated rings. The Morgan fingerprint density at radius 1 is 1.13 bits per heavy atom. The number of nitrogens with one attached hydrogen (secondary N) is 1. The number of ether oxygens (including phenoxy) is 1. The van der Waals surface area contributed by atoms with Crippen LogP contribution in [0.3, 0.4) is 0 Å². The van der Waals surface area contributed by atoms with Crippen molar-refractivity contribution in [1.29, 1.82) is 0 Å². The number of carbonyl (C=O) groups excluding carboxylic acids is 1. The lowest BCUT2D eigenvalue weighted by Crippen LogP contribution is -2.37. The second kappa shape index (κ2) is 10.6. The summed E-state index contributed by atoms with van der Waals surface area (Å²) in [5, 5.41) is 4.30. The van der Waals surface area contributed by atoms with Crippen molar-refractivity contribution in [2.45, 2.75) is 19.6 Å². The molecule has 0 saturated carbocycles. The highest BCUT2D eigenvalue weighted by atomic mass is 19.4. The van der Waals surface area contributed by atoms with Crippen molar-refractivity contribution in [2.75, 3.05) is 36.6 Å². The molecule has 0 bridgehead atoms. The van der Waals surface area contributed by atoms with E-state index in [-0.39, 0.29) is 6.54 Å². The predicted molar refractivity (Wildman–Crippen MR) is 137 cm³/mol. The number of anilines is 2. The van der Waals surface area contributed by atoms with Gasteiger partial charge in [0.1, 0.15) is 0 Å². The number of alkyl halides is 3. The minimum atomic E-state index is -4.65. The summed E-state index contributed by atoms with van der Waals surface area (Å²) < 4.78 is 47.3. The second-order valence-corrected chi connectivity index (χ2v) is 8.77. The molecule has 2 aromatic carbocycles. The molecular formula is C26H24F3N7O2. The minimum Gasteiger partial charge on any atom is -0.378 e. The number of nitrogens with zero attached hydrogens (tertiary/aromatic N) is 6. The van der Waals surface area contributed by atoms with Crippen LogP contribution in [0.15, 0.2) is 60.0 Å². The standard InChI is InChI=1S/C26H24F3N7O2/c1-17-5-4-6-18(13-17)14-31-34-23-22-24(33-25(32-23)35-9-11-38-12-10-35)36(16-30-22)15-21(37)19-7-2-3-8-20(19)26(27,28)29/h2-8,13-14,16H,9-12,15H2,1H3,(H,32,33,34). The number of Topliss-reactive ketones (excluding diaryl/α,β-unsaturated/α-hetero) is 1. The summed E-state index contributed by atoms with van der Waals surface area (Å²) in [5.74, 6) is -0.0306. The van der Waals surface area contributed by atoms with Crippen LogP contribution in [0, 0.1) is 6.92 Å². The number of imidazole rings is 1. The number of ketones is 1. The van der Waals surface area contributed by atoms with Gasteiger partial charge in [0, 0.05) is 18.7 Å². The van der Waals surface area contributed by atoms with Crippen LogP contribution in [0.4, 0.5) is 24.9 Å². The van der Waals surface area contributed by atoms with E-state index in [9.17, 15) is 18.0 Å². The molecule has 0 spiro atoms. The first-order valence-electron chi connectivity index (χ1n) is 11.9. The van der Waals surface area contributed by atoms with E-state index in [1.165, 1.54) is 29.1 Å². The molecule has 1 aliphatic heterocycles. The third-order valence-electron chi connectivity index (χ3n) is 6.02. The third kappa shape index (κ3) is 5.49. The van der Waals surface area contributed by atoms with Gasteiger partial charge in [-0.15, -0.1) is 0 Å². The number of hydrogen-bond acceptors (Lipinski definition) is 8. The molecule has 1 N–H and O–H groups in total. The first kappa shape index (κ1) is 25.3. The average Bonchev–Trinajstić information content (AvgIpc) is 3.31. The molecule has 1 saturated heterocycles. The van der Waals surface area contributed by atoms with E-state index in [2.05, 4.69) is 25.5 Å². The van der Waals surface area contributed by atoms with Crippen molar-refractivity contribution in [2.24, 2.45) is 5.10 Å². The maximum atomic E-state index is 13.5. The Hall–Kier alpha value is -4.32. The number of aryl methyl sites for hydroxylation is 1. The van der Waals surface area contributed by atoms with Crippen molar-refractivity contribution in [1.82, 2.24) is 19.5 Å². The van der Waals surface area contributed by atoms with Gasteiger partial charge in [0.05, 0.1) is 37.9 Å². The number of morpholine rings is 1. The fourth-order valence-corrected chi connectivity index (χ4v) is 4.16. The molecule has 3 heterocycles. The molecule has 2 aromatic heterocycles. The minimum absolute atomic E-state index is 0.299. The summed E-state index contributed by atoms with van der Waals surface area (Å²) >= 11 is 0.